The SMILES string of the molecule is COc1ccc(C(=O)NCCCc2nc3ccccc3n2CCOc2cc(C)ccc2C)cc1OC. The maximum absolute atomic E-state index is 12.6. The number of ether oxygens (including phenoxy) is 3. The second-order valence-electron chi connectivity index (χ2n) is 8.72. The van der Waals surface area contributed by atoms with E-state index in [4.69, 9.17) is 19.2 Å². The number of aryl methyl sites for hydroxylation is 3. The van der Waals surface area contributed by atoms with E-state index < -0.39 is 0 Å². The molecule has 188 valence electrons. The number of carbonyl (C=O) groups excluding carboxylic acids is 1. The van der Waals surface area contributed by atoms with Crippen LogP contribution in [0, 0.1) is 13.8 Å². The van der Waals surface area contributed by atoms with Gasteiger partial charge in [0.25, 0.3) is 5.91 Å². The van der Waals surface area contributed by atoms with E-state index in [0.29, 0.717) is 36.8 Å². The molecule has 4 aromatic rings. The molecule has 0 radical (unpaired) electrons. The van der Waals surface area contributed by atoms with Crippen LogP contribution in [0.4, 0.5) is 0 Å². The molecule has 0 unspecified atom stereocenters. The third kappa shape index (κ3) is 5.79. The Labute approximate surface area is 212 Å². The van der Waals surface area contributed by atoms with Crippen LogP contribution in [0.1, 0.15) is 33.7 Å². The van der Waals surface area contributed by atoms with Crippen LogP contribution in [0.15, 0.2) is 60.7 Å². The van der Waals surface area contributed by atoms with Crippen LogP contribution in [0.3, 0.4) is 0 Å². The van der Waals surface area contributed by atoms with Crippen molar-refractivity contribution >= 4 is 16.9 Å². The summed E-state index contributed by atoms with van der Waals surface area (Å²) in [5.41, 5.74) is 4.89. The van der Waals surface area contributed by atoms with Crippen LogP contribution >= 0.6 is 0 Å². The van der Waals surface area contributed by atoms with Crippen LogP contribution in [0.2, 0.25) is 0 Å². The first-order valence-corrected chi connectivity index (χ1v) is 12.1. The van der Waals surface area contributed by atoms with Crippen molar-refractivity contribution in [1.82, 2.24) is 14.9 Å². The topological polar surface area (TPSA) is 74.6 Å². The fourth-order valence-corrected chi connectivity index (χ4v) is 4.20. The second-order valence-corrected chi connectivity index (χ2v) is 8.72. The van der Waals surface area contributed by atoms with E-state index in [1.807, 2.05) is 18.2 Å². The summed E-state index contributed by atoms with van der Waals surface area (Å²) in [5.74, 6) is 2.88. The average Bonchev–Trinajstić information content (AvgIpc) is 3.25. The second kappa shape index (κ2) is 11.6. The summed E-state index contributed by atoms with van der Waals surface area (Å²) >= 11 is 0. The maximum atomic E-state index is 12.6. The van der Waals surface area contributed by atoms with Gasteiger partial charge in [0.15, 0.2) is 11.5 Å². The Kier molecular flexibility index (Phi) is 8.10. The number of hydrogen-bond acceptors (Lipinski definition) is 5. The predicted molar refractivity (Wildman–Crippen MR) is 141 cm³/mol. The number of nitrogens with one attached hydrogen (secondary N) is 1. The van der Waals surface area contributed by atoms with Gasteiger partial charge in [-0.1, -0.05) is 24.3 Å². The van der Waals surface area contributed by atoms with E-state index in [-0.39, 0.29) is 5.91 Å². The third-order valence-electron chi connectivity index (χ3n) is 6.16. The van der Waals surface area contributed by atoms with Crippen molar-refractivity contribution in [2.45, 2.75) is 33.2 Å². The molecule has 0 aliphatic carbocycles. The molecule has 1 amide bonds. The van der Waals surface area contributed by atoms with E-state index >= 15 is 0 Å². The lowest BCUT2D eigenvalue weighted by molar-refractivity contribution is 0.0952. The van der Waals surface area contributed by atoms with Gasteiger partial charge in [-0.05, 0) is 67.8 Å². The molecule has 1 heterocycles. The van der Waals surface area contributed by atoms with E-state index in [1.54, 1.807) is 32.4 Å². The van der Waals surface area contributed by atoms with Gasteiger partial charge in [0.05, 0.1) is 31.8 Å². The number of fused-ring (bicyclic) bond motifs is 1. The number of amides is 1. The van der Waals surface area contributed by atoms with Crippen LogP contribution < -0.4 is 19.5 Å². The quantitative estimate of drug-likeness (QED) is 0.298. The summed E-state index contributed by atoms with van der Waals surface area (Å²) in [6.07, 6.45) is 1.50. The Morgan fingerprint density at radius 3 is 2.56 bits per heavy atom. The van der Waals surface area contributed by atoms with Gasteiger partial charge < -0.3 is 24.1 Å². The standard InChI is InChI=1S/C29H33N3O4/c1-20-11-12-21(2)26(18-20)36-17-16-32-24-9-6-5-8-23(24)31-28(32)10-7-15-30-29(33)22-13-14-25(34-3)27(19-22)35-4/h5-6,8-9,11-14,18-19H,7,10,15-17H2,1-4H3,(H,30,33). The molecular formula is C29H33N3O4. The van der Waals surface area contributed by atoms with E-state index in [1.165, 1.54) is 5.56 Å². The highest BCUT2D eigenvalue weighted by Gasteiger charge is 2.13. The molecule has 36 heavy (non-hydrogen) atoms. The predicted octanol–water partition coefficient (Wildman–Crippen LogP) is 5.11. The fourth-order valence-electron chi connectivity index (χ4n) is 4.20. The zero-order chi connectivity index (χ0) is 25.5. The molecule has 0 fully saturated rings. The first-order valence-electron chi connectivity index (χ1n) is 12.1. The molecule has 0 saturated heterocycles. The Hall–Kier alpha value is -4.00. The van der Waals surface area contributed by atoms with Crippen molar-refractivity contribution < 1.29 is 19.0 Å². The molecule has 7 heteroatoms. The Morgan fingerprint density at radius 1 is 0.944 bits per heavy atom. The molecule has 0 aliphatic heterocycles. The van der Waals surface area contributed by atoms with Crippen LogP contribution in [-0.2, 0) is 13.0 Å². The summed E-state index contributed by atoms with van der Waals surface area (Å²) in [6.45, 7) is 5.91. The minimum absolute atomic E-state index is 0.147. The summed E-state index contributed by atoms with van der Waals surface area (Å²) in [5, 5.41) is 2.99. The molecule has 0 bridgehead atoms. The lowest BCUT2D eigenvalue weighted by Crippen LogP contribution is -2.25. The van der Waals surface area contributed by atoms with E-state index in [2.05, 4.69) is 48.0 Å². The van der Waals surface area contributed by atoms with Crippen LogP contribution in [0.5, 0.6) is 17.2 Å². The number of rotatable bonds is 11. The van der Waals surface area contributed by atoms with Gasteiger partial charge in [-0.25, -0.2) is 4.98 Å². The molecular weight excluding hydrogens is 454 g/mol. The monoisotopic (exact) mass is 487 g/mol. The summed E-state index contributed by atoms with van der Waals surface area (Å²) in [4.78, 5) is 17.5. The first kappa shape index (κ1) is 25.1. The zero-order valence-electron chi connectivity index (χ0n) is 21.3. The number of benzene rings is 3. The molecule has 7 nitrogen and oxygen atoms in total. The van der Waals surface area contributed by atoms with Gasteiger partial charge in [0.2, 0.25) is 0 Å². The molecule has 0 atom stereocenters. The minimum atomic E-state index is -0.147. The van der Waals surface area contributed by atoms with Crippen LogP contribution in [0.25, 0.3) is 11.0 Å². The Morgan fingerprint density at radius 2 is 1.75 bits per heavy atom. The smallest absolute Gasteiger partial charge is 0.251 e. The van der Waals surface area contributed by atoms with Crippen molar-refractivity contribution in [2.75, 3.05) is 27.4 Å². The molecule has 1 N–H and O–H groups in total. The van der Waals surface area contributed by atoms with Crippen molar-refractivity contribution in [1.29, 1.82) is 0 Å². The number of carbonyl (C=O) groups is 1. The normalized spacial score (nSPS) is 10.9. The number of para-hydroxylation sites is 2. The first-order chi connectivity index (χ1) is 17.5. The molecule has 0 spiro atoms. The number of nitrogens with zero attached hydrogens (tertiary/aromatic N) is 2. The maximum Gasteiger partial charge on any atom is 0.251 e. The van der Waals surface area contributed by atoms with Gasteiger partial charge in [-0.15, -0.1) is 0 Å². The third-order valence-corrected chi connectivity index (χ3v) is 6.16. The van der Waals surface area contributed by atoms with Crippen LogP contribution in [-0.4, -0.2) is 42.8 Å². The number of aromatic nitrogens is 2. The highest BCUT2D eigenvalue weighted by molar-refractivity contribution is 5.94. The van der Waals surface area contributed by atoms with Gasteiger partial charge in [0.1, 0.15) is 18.2 Å². The lowest BCUT2D eigenvalue weighted by Gasteiger charge is -2.13. The van der Waals surface area contributed by atoms with Crippen molar-refractivity contribution in [3.05, 3.63) is 83.2 Å². The summed E-state index contributed by atoms with van der Waals surface area (Å²) in [6, 6.07) is 19.5. The summed E-state index contributed by atoms with van der Waals surface area (Å²) in [7, 11) is 3.12. The number of imidazole rings is 1. The minimum Gasteiger partial charge on any atom is -0.493 e. The van der Waals surface area contributed by atoms with Gasteiger partial charge in [0, 0.05) is 18.5 Å². The zero-order valence-corrected chi connectivity index (χ0v) is 21.3. The largest absolute Gasteiger partial charge is 0.493 e. The van der Waals surface area contributed by atoms with Gasteiger partial charge in [-0.3, -0.25) is 4.79 Å². The highest BCUT2D eigenvalue weighted by atomic mass is 16.5. The molecule has 0 saturated carbocycles. The van der Waals surface area contributed by atoms with Crippen molar-refractivity contribution in [2.24, 2.45) is 0 Å². The molecule has 0 aliphatic rings. The lowest BCUT2D eigenvalue weighted by atomic mass is 10.1. The van der Waals surface area contributed by atoms with Gasteiger partial charge in [-0.2, -0.15) is 0 Å². The highest BCUT2D eigenvalue weighted by Crippen LogP contribution is 2.27. The fraction of sp³-hybridized carbons (Fsp3) is 0.310. The average molecular weight is 488 g/mol. The summed E-state index contributed by atoms with van der Waals surface area (Å²) < 4.78 is 18.9. The van der Waals surface area contributed by atoms with E-state index in [9.17, 15) is 4.79 Å². The molecule has 1 aromatic heterocycles. The number of methoxy groups -OCH3 is 2. The molecule has 3 aromatic carbocycles. The van der Waals surface area contributed by atoms with Crippen molar-refractivity contribution in [3.63, 3.8) is 0 Å². The van der Waals surface area contributed by atoms with E-state index in [0.717, 1.165) is 41.0 Å². The Balaban J connectivity index is 1.37. The van der Waals surface area contributed by atoms with Crippen molar-refractivity contribution in [3.8, 4) is 17.2 Å². The number of hydrogen-bond donors (Lipinski definition) is 1. The van der Waals surface area contributed by atoms with Gasteiger partial charge >= 0.3 is 0 Å². The molecule has 4 rings (SSSR count). The Bertz CT molecular complexity index is 1350.